The van der Waals surface area contributed by atoms with E-state index in [1.165, 1.54) is 38.7 Å². The van der Waals surface area contributed by atoms with Crippen molar-refractivity contribution in [1.29, 1.82) is 0 Å². The average molecular weight is 461 g/mol. The second-order valence-electron chi connectivity index (χ2n) is 7.34. The van der Waals surface area contributed by atoms with Crippen LogP contribution < -0.4 is 15.7 Å². The summed E-state index contributed by atoms with van der Waals surface area (Å²) in [5.74, 6) is -0.174. The predicted molar refractivity (Wildman–Crippen MR) is 118 cm³/mol. The van der Waals surface area contributed by atoms with E-state index in [1.54, 1.807) is 25.2 Å². The number of nitrogens with one attached hydrogen (secondary N) is 1. The number of para-hydroxylation sites is 2. The van der Waals surface area contributed by atoms with Crippen LogP contribution in [-0.4, -0.2) is 61.2 Å². The molecule has 1 N–H and O–H groups in total. The van der Waals surface area contributed by atoms with Gasteiger partial charge in [0.05, 0.1) is 41.9 Å². The van der Waals surface area contributed by atoms with E-state index in [2.05, 4.69) is 5.32 Å². The van der Waals surface area contributed by atoms with Gasteiger partial charge < -0.3 is 14.8 Å². The highest BCUT2D eigenvalue weighted by atomic mass is 32.2. The minimum absolute atomic E-state index is 0.0397. The highest BCUT2D eigenvalue weighted by Crippen LogP contribution is 2.29. The summed E-state index contributed by atoms with van der Waals surface area (Å²) in [6.07, 6.45) is 0. The van der Waals surface area contributed by atoms with Crippen molar-refractivity contribution in [2.45, 2.75) is 11.4 Å². The number of sulfonamides is 1. The minimum Gasteiger partial charge on any atom is -0.495 e. The number of aromatic nitrogens is 2. The summed E-state index contributed by atoms with van der Waals surface area (Å²) in [7, 11) is -0.681. The number of carbonyl (C=O) groups is 1. The third-order valence-corrected chi connectivity index (χ3v) is 7.30. The Bertz CT molecular complexity index is 1320. The number of hydrogen-bond acceptors (Lipinski definition) is 6. The maximum Gasteiger partial charge on any atom is 0.329 e. The predicted octanol–water partition coefficient (Wildman–Crippen LogP) is 1.01. The molecule has 0 atom stereocenters. The summed E-state index contributed by atoms with van der Waals surface area (Å²) >= 11 is 0. The number of benzene rings is 2. The largest absolute Gasteiger partial charge is 0.495 e. The molecule has 2 aromatic carbocycles. The van der Waals surface area contributed by atoms with Crippen LogP contribution >= 0.6 is 0 Å². The maximum atomic E-state index is 13.0. The molecule has 1 saturated heterocycles. The Labute approximate surface area is 185 Å². The van der Waals surface area contributed by atoms with Crippen LogP contribution in [0.1, 0.15) is 0 Å². The number of hydrogen-bond donors (Lipinski definition) is 1. The van der Waals surface area contributed by atoms with Gasteiger partial charge >= 0.3 is 5.69 Å². The summed E-state index contributed by atoms with van der Waals surface area (Å²) in [5, 5.41) is 2.69. The van der Waals surface area contributed by atoms with Crippen molar-refractivity contribution < 1.29 is 22.7 Å². The first-order chi connectivity index (χ1) is 15.3. The number of carbonyl (C=O) groups excluding carboxylic acids is 1. The molecular formula is C21H24N4O6S. The molecule has 0 unspecified atom stereocenters. The van der Waals surface area contributed by atoms with Crippen molar-refractivity contribution in [3.05, 3.63) is 52.9 Å². The maximum absolute atomic E-state index is 13.0. The van der Waals surface area contributed by atoms with Crippen molar-refractivity contribution in [1.82, 2.24) is 13.4 Å². The second kappa shape index (κ2) is 8.77. The molecule has 1 aliphatic rings. The molecule has 2 heterocycles. The molecule has 0 saturated carbocycles. The van der Waals surface area contributed by atoms with E-state index in [4.69, 9.17) is 9.47 Å². The van der Waals surface area contributed by atoms with E-state index in [1.807, 2.05) is 6.07 Å². The quantitative estimate of drug-likeness (QED) is 0.588. The first kappa shape index (κ1) is 22.1. The normalized spacial score (nSPS) is 15.1. The van der Waals surface area contributed by atoms with Crippen molar-refractivity contribution >= 4 is 32.7 Å². The number of anilines is 1. The number of ether oxygens (including phenoxy) is 2. The molecule has 4 rings (SSSR count). The van der Waals surface area contributed by atoms with Crippen LogP contribution in [0.2, 0.25) is 0 Å². The summed E-state index contributed by atoms with van der Waals surface area (Å²) in [6.45, 7) is 0.960. The van der Waals surface area contributed by atoms with Gasteiger partial charge in [-0.15, -0.1) is 0 Å². The van der Waals surface area contributed by atoms with Crippen LogP contribution in [0.3, 0.4) is 0 Å². The van der Waals surface area contributed by atoms with Crippen LogP contribution in [-0.2, 0) is 33.1 Å². The Morgan fingerprint density at radius 2 is 1.81 bits per heavy atom. The van der Waals surface area contributed by atoms with E-state index in [9.17, 15) is 18.0 Å². The molecule has 0 spiro atoms. The lowest BCUT2D eigenvalue weighted by atomic mass is 10.3. The zero-order valence-electron chi connectivity index (χ0n) is 17.8. The van der Waals surface area contributed by atoms with E-state index in [0.29, 0.717) is 30.0 Å². The number of nitrogens with zero attached hydrogens (tertiary/aromatic N) is 3. The number of amides is 1. The van der Waals surface area contributed by atoms with Gasteiger partial charge in [0.1, 0.15) is 12.3 Å². The molecule has 32 heavy (non-hydrogen) atoms. The fourth-order valence-electron chi connectivity index (χ4n) is 3.73. The van der Waals surface area contributed by atoms with E-state index in [-0.39, 0.29) is 35.9 Å². The number of imidazole rings is 1. The van der Waals surface area contributed by atoms with Crippen molar-refractivity contribution in [2.24, 2.45) is 7.05 Å². The highest BCUT2D eigenvalue weighted by Gasteiger charge is 2.27. The Kier molecular flexibility index (Phi) is 6.04. The standard InChI is InChI=1S/C21H24N4O6S/c1-23-17-5-3-4-6-18(17)25(21(23)27)14-20(26)22-16-13-15(7-8-19(16)30-2)32(28,29)24-9-11-31-12-10-24/h3-8,13H,9-12,14H2,1-2H3,(H,22,26). The molecule has 0 radical (unpaired) electrons. The third-order valence-electron chi connectivity index (χ3n) is 5.41. The fraction of sp³-hybridized carbons (Fsp3) is 0.333. The number of morpholine rings is 1. The van der Waals surface area contributed by atoms with Gasteiger partial charge in [-0.1, -0.05) is 12.1 Å². The lowest BCUT2D eigenvalue weighted by Crippen LogP contribution is -2.40. The van der Waals surface area contributed by atoms with E-state index < -0.39 is 15.9 Å². The minimum atomic E-state index is -3.75. The van der Waals surface area contributed by atoms with E-state index in [0.717, 1.165) is 0 Å². The van der Waals surface area contributed by atoms with Crippen molar-refractivity contribution in [3.8, 4) is 5.75 Å². The molecule has 1 aromatic heterocycles. The molecule has 170 valence electrons. The lowest BCUT2D eigenvalue weighted by Gasteiger charge is -2.26. The van der Waals surface area contributed by atoms with E-state index >= 15 is 0 Å². The number of methoxy groups -OCH3 is 1. The van der Waals surface area contributed by atoms with Crippen LogP contribution in [0.5, 0.6) is 5.75 Å². The molecular weight excluding hydrogens is 436 g/mol. The molecule has 10 nitrogen and oxygen atoms in total. The van der Waals surface area contributed by atoms with Gasteiger partial charge in [0, 0.05) is 20.1 Å². The fourth-order valence-corrected chi connectivity index (χ4v) is 5.17. The molecule has 1 fully saturated rings. The third kappa shape index (κ3) is 4.01. The van der Waals surface area contributed by atoms with Gasteiger partial charge in [0.2, 0.25) is 15.9 Å². The summed E-state index contributed by atoms with van der Waals surface area (Å²) in [5.41, 5.74) is 1.23. The van der Waals surface area contributed by atoms with Crippen LogP contribution in [0.4, 0.5) is 5.69 Å². The van der Waals surface area contributed by atoms with Gasteiger partial charge in [-0.2, -0.15) is 4.31 Å². The first-order valence-electron chi connectivity index (χ1n) is 10.0. The molecule has 0 bridgehead atoms. The zero-order valence-corrected chi connectivity index (χ0v) is 18.6. The van der Waals surface area contributed by atoms with Crippen LogP contribution in [0.25, 0.3) is 11.0 Å². The van der Waals surface area contributed by atoms with Gasteiger partial charge in [0.15, 0.2) is 0 Å². The highest BCUT2D eigenvalue weighted by molar-refractivity contribution is 7.89. The Hall–Kier alpha value is -3.15. The first-order valence-corrected chi connectivity index (χ1v) is 11.5. The smallest absolute Gasteiger partial charge is 0.329 e. The molecule has 3 aromatic rings. The monoisotopic (exact) mass is 460 g/mol. The Balaban J connectivity index is 1.61. The average Bonchev–Trinajstić information content (AvgIpc) is 3.04. The van der Waals surface area contributed by atoms with Crippen molar-refractivity contribution in [3.63, 3.8) is 0 Å². The van der Waals surface area contributed by atoms with Gasteiger partial charge in [-0.3, -0.25) is 13.9 Å². The van der Waals surface area contributed by atoms with Gasteiger partial charge in [0.25, 0.3) is 0 Å². The van der Waals surface area contributed by atoms with Crippen LogP contribution in [0.15, 0.2) is 52.2 Å². The summed E-state index contributed by atoms with van der Waals surface area (Å²) in [6, 6.07) is 11.5. The van der Waals surface area contributed by atoms with Gasteiger partial charge in [-0.05, 0) is 30.3 Å². The number of fused-ring (bicyclic) bond motifs is 1. The number of rotatable bonds is 6. The Morgan fingerprint density at radius 1 is 1.12 bits per heavy atom. The van der Waals surface area contributed by atoms with Crippen LogP contribution in [0, 0.1) is 0 Å². The molecule has 1 amide bonds. The molecule has 11 heteroatoms. The van der Waals surface area contributed by atoms with Gasteiger partial charge in [-0.25, -0.2) is 13.2 Å². The zero-order chi connectivity index (χ0) is 22.9. The summed E-state index contributed by atoms with van der Waals surface area (Å²) in [4.78, 5) is 25.4. The molecule has 0 aliphatic carbocycles. The molecule has 1 aliphatic heterocycles. The summed E-state index contributed by atoms with van der Waals surface area (Å²) < 4.78 is 40.7. The second-order valence-corrected chi connectivity index (χ2v) is 9.28. The topological polar surface area (TPSA) is 112 Å². The van der Waals surface area contributed by atoms with Crippen molar-refractivity contribution in [2.75, 3.05) is 38.7 Å². The SMILES string of the molecule is COc1ccc(S(=O)(=O)N2CCOCC2)cc1NC(=O)Cn1c(=O)n(C)c2ccccc21. The Morgan fingerprint density at radius 3 is 2.50 bits per heavy atom. The lowest BCUT2D eigenvalue weighted by molar-refractivity contribution is -0.116. The number of aryl methyl sites for hydroxylation is 1.